The first-order chi connectivity index (χ1) is 7.80. The van der Waals surface area contributed by atoms with Crippen LogP contribution in [0.5, 0.6) is 0 Å². The summed E-state index contributed by atoms with van der Waals surface area (Å²) in [4.78, 5) is 21.8. The van der Waals surface area contributed by atoms with Crippen molar-refractivity contribution in [3.8, 4) is 0 Å². The quantitative estimate of drug-likeness (QED) is 0.626. The van der Waals surface area contributed by atoms with Gasteiger partial charge in [-0.1, -0.05) is 0 Å². The van der Waals surface area contributed by atoms with E-state index in [1.165, 1.54) is 6.92 Å². The molecule has 2 atom stereocenters. The normalized spacial score (nSPS) is 24.6. The zero-order valence-corrected chi connectivity index (χ0v) is 10.3. The third-order valence-electron chi connectivity index (χ3n) is 2.52. The fraction of sp³-hybridized carbons (Fsp3) is 0.778. The van der Waals surface area contributed by atoms with Crippen LogP contribution in [0, 0.1) is 0 Å². The number of nitrogens with one attached hydrogen (secondary N) is 2. The van der Waals surface area contributed by atoms with Crippen LogP contribution in [0.25, 0.3) is 0 Å². The van der Waals surface area contributed by atoms with E-state index in [0.717, 1.165) is 0 Å². The lowest BCUT2D eigenvalue weighted by atomic mass is 10.2. The standard InChI is InChI=1S/C9H16N2O5S/c1-6(8(12)13)10-9(14)11-7-3-2-4-17(15,16)5-7/h6-7H,2-5H2,1H3,(H,12,13)(H2,10,11,14)/t6-,7?/m1/s1. The van der Waals surface area contributed by atoms with Crippen LogP contribution in [0.1, 0.15) is 19.8 Å². The first-order valence-electron chi connectivity index (χ1n) is 5.30. The van der Waals surface area contributed by atoms with E-state index in [1.807, 2.05) is 0 Å². The predicted molar refractivity (Wildman–Crippen MR) is 60.4 cm³/mol. The van der Waals surface area contributed by atoms with Gasteiger partial charge in [0.15, 0.2) is 9.84 Å². The van der Waals surface area contributed by atoms with Crippen LogP contribution in [0.15, 0.2) is 0 Å². The average Bonchev–Trinajstić information content (AvgIpc) is 2.15. The second-order valence-corrected chi connectivity index (χ2v) is 6.36. The van der Waals surface area contributed by atoms with Gasteiger partial charge in [0.1, 0.15) is 6.04 Å². The summed E-state index contributed by atoms with van der Waals surface area (Å²) >= 11 is 0. The third-order valence-corrected chi connectivity index (χ3v) is 4.34. The van der Waals surface area contributed by atoms with Crippen LogP contribution in [0.4, 0.5) is 4.79 Å². The largest absolute Gasteiger partial charge is 0.480 e. The average molecular weight is 264 g/mol. The molecule has 1 rings (SSSR count). The number of sulfone groups is 1. The first-order valence-corrected chi connectivity index (χ1v) is 7.12. The van der Waals surface area contributed by atoms with Gasteiger partial charge in [-0.05, 0) is 19.8 Å². The van der Waals surface area contributed by atoms with Crippen LogP contribution in [-0.4, -0.2) is 49.1 Å². The van der Waals surface area contributed by atoms with Gasteiger partial charge < -0.3 is 15.7 Å². The summed E-state index contributed by atoms with van der Waals surface area (Å²) in [5.41, 5.74) is 0. The Balaban J connectivity index is 2.44. The number of hydrogen-bond donors (Lipinski definition) is 3. The third kappa shape index (κ3) is 4.59. The molecule has 1 unspecified atom stereocenters. The second kappa shape index (κ2) is 5.35. The van der Waals surface area contributed by atoms with Crippen molar-refractivity contribution in [2.45, 2.75) is 31.8 Å². The highest BCUT2D eigenvalue weighted by molar-refractivity contribution is 7.91. The van der Waals surface area contributed by atoms with Crippen LogP contribution in [0.3, 0.4) is 0 Å². The fourth-order valence-corrected chi connectivity index (χ4v) is 3.26. The minimum Gasteiger partial charge on any atom is -0.480 e. The molecule has 7 nitrogen and oxygen atoms in total. The summed E-state index contributed by atoms with van der Waals surface area (Å²) in [5, 5.41) is 13.3. The highest BCUT2D eigenvalue weighted by atomic mass is 32.2. The van der Waals surface area contributed by atoms with Crippen LogP contribution in [-0.2, 0) is 14.6 Å². The fourth-order valence-electron chi connectivity index (χ4n) is 1.62. The lowest BCUT2D eigenvalue weighted by Crippen LogP contribution is -2.50. The van der Waals surface area contributed by atoms with E-state index < -0.39 is 33.9 Å². The zero-order chi connectivity index (χ0) is 13.1. The van der Waals surface area contributed by atoms with Crippen molar-refractivity contribution in [1.82, 2.24) is 10.6 Å². The molecule has 0 aromatic rings. The molecular formula is C9H16N2O5S. The number of rotatable bonds is 3. The van der Waals surface area contributed by atoms with Crippen molar-refractivity contribution < 1.29 is 23.1 Å². The van der Waals surface area contributed by atoms with Gasteiger partial charge >= 0.3 is 12.0 Å². The van der Waals surface area contributed by atoms with E-state index in [4.69, 9.17) is 5.11 Å². The summed E-state index contributed by atoms with van der Waals surface area (Å²) in [6, 6.07) is -2.09. The van der Waals surface area contributed by atoms with Gasteiger partial charge in [0, 0.05) is 6.04 Å². The van der Waals surface area contributed by atoms with Crippen LogP contribution >= 0.6 is 0 Å². The molecular weight excluding hydrogens is 248 g/mol. The molecule has 2 amide bonds. The SMILES string of the molecule is C[C@@H](NC(=O)NC1CCCS(=O)(=O)C1)C(=O)O. The number of urea groups is 1. The Morgan fingerprint density at radius 3 is 2.59 bits per heavy atom. The lowest BCUT2D eigenvalue weighted by molar-refractivity contribution is -0.138. The maximum atomic E-state index is 11.4. The predicted octanol–water partition coefficient (Wildman–Crippen LogP) is -0.664. The smallest absolute Gasteiger partial charge is 0.325 e. The number of amides is 2. The topological polar surface area (TPSA) is 113 Å². The molecule has 98 valence electrons. The van der Waals surface area contributed by atoms with E-state index in [1.54, 1.807) is 0 Å². The minimum absolute atomic E-state index is 0.0815. The van der Waals surface area contributed by atoms with Crippen LogP contribution < -0.4 is 10.6 Å². The van der Waals surface area contributed by atoms with Crippen molar-refractivity contribution in [3.05, 3.63) is 0 Å². The van der Waals surface area contributed by atoms with E-state index in [-0.39, 0.29) is 11.5 Å². The van der Waals surface area contributed by atoms with Gasteiger partial charge in [-0.2, -0.15) is 0 Å². The van der Waals surface area contributed by atoms with E-state index in [9.17, 15) is 18.0 Å². The van der Waals surface area contributed by atoms with Crippen LogP contribution in [0.2, 0.25) is 0 Å². The summed E-state index contributed by atoms with van der Waals surface area (Å²) < 4.78 is 22.6. The molecule has 1 saturated heterocycles. The summed E-state index contributed by atoms with van der Waals surface area (Å²) in [7, 11) is -3.08. The molecule has 8 heteroatoms. The molecule has 0 radical (unpaired) electrons. The molecule has 1 fully saturated rings. The maximum absolute atomic E-state index is 11.4. The molecule has 0 spiro atoms. The van der Waals surface area contributed by atoms with Crippen molar-refractivity contribution in [2.24, 2.45) is 0 Å². The molecule has 0 aromatic heterocycles. The summed E-state index contributed by atoms with van der Waals surface area (Å²) in [5.74, 6) is -1.07. The van der Waals surface area contributed by atoms with E-state index >= 15 is 0 Å². The number of carbonyl (C=O) groups is 2. The molecule has 0 aromatic carbocycles. The second-order valence-electron chi connectivity index (χ2n) is 4.13. The van der Waals surface area contributed by atoms with Gasteiger partial charge in [-0.15, -0.1) is 0 Å². The number of aliphatic carboxylic acids is 1. The molecule has 3 N–H and O–H groups in total. The molecule has 0 saturated carbocycles. The number of carboxylic acid groups (broad SMARTS) is 1. The molecule has 17 heavy (non-hydrogen) atoms. The summed E-state index contributed by atoms with van der Waals surface area (Å²) in [6.07, 6.45) is 1.11. The Hall–Kier alpha value is -1.31. The molecule has 1 heterocycles. The van der Waals surface area contributed by atoms with Crippen molar-refractivity contribution >= 4 is 21.8 Å². The lowest BCUT2D eigenvalue weighted by Gasteiger charge is -2.23. The van der Waals surface area contributed by atoms with Crippen molar-refractivity contribution in [1.29, 1.82) is 0 Å². The van der Waals surface area contributed by atoms with E-state index in [2.05, 4.69) is 10.6 Å². The Bertz CT molecular complexity index is 406. The molecule has 1 aliphatic rings. The summed E-state index contributed by atoms with van der Waals surface area (Å²) in [6.45, 7) is 1.33. The van der Waals surface area contributed by atoms with Crippen molar-refractivity contribution in [2.75, 3.05) is 11.5 Å². The minimum atomic E-state index is -3.08. The van der Waals surface area contributed by atoms with E-state index in [0.29, 0.717) is 12.8 Å². The van der Waals surface area contributed by atoms with Gasteiger partial charge in [0.2, 0.25) is 0 Å². The monoisotopic (exact) mass is 264 g/mol. The highest BCUT2D eigenvalue weighted by Crippen LogP contribution is 2.11. The Morgan fingerprint density at radius 1 is 1.41 bits per heavy atom. The van der Waals surface area contributed by atoms with Gasteiger partial charge in [0.25, 0.3) is 0 Å². The van der Waals surface area contributed by atoms with Gasteiger partial charge in [-0.25, -0.2) is 13.2 Å². The van der Waals surface area contributed by atoms with Gasteiger partial charge in [0.05, 0.1) is 11.5 Å². The first kappa shape index (κ1) is 13.8. The Morgan fingerprint density at radius 2 is 2.06 bits per heavy atom. The molecule has 1 aliphatic heterocycles. The number of hydrogen-bond acceptors (Lipinski definition) is 4. The number of carbonyl (C=O) groups excluding carboxylic acids is 1. The Labute approximate surface area is 99.5 Å². The molecule has 0 bridgehead atoms. The number of carboxylic acids is 1. The van der Waals surface area contributed by atoms with Crippen molar-refractivity contribution in [3.63, 3.8) is 0 Å². The van der Waals surface area contributed by atoms with Gasteiger partial charge in [-0.3, -0.25) is 4.79 Å². The zero-order valence-electron chi connectivity index (χ0n) is 9.47. The maximum Gasteiger partial charge on any atom is 0.325 e. The highest BCUT2D eigenvalue weighted by Gasteiger charge is 2.26. The Kier molecular flexibility index (Phi) is 4.33. The molecule has 0 aliphatic carbocycles.